The Labute approximate surface area is 200 Å². The van der Waals surface area contributed by atoms with Crippen molar-refractivity contribution in [3.63, 3.8) is 0 Å². The molecular formula is C24H32FN3O5S. The van der Waals surface area contributed by atoms with E-state index < -0.39 is 45.8 Å². The molecule has 0 aliphatic carbocycles. The topological polar surface area (TPSA) is 96.0 Å². The van der Waals surface area contributed by atoms with Crippen molar-refractivity contribution in [2.45, 2.75) is 45.8 Å². The Kier molecular flexibility index (Phi) is 8.66. The molecule has 2 aromatic rings. The molecule has 0 spiro atoms. The zero-order chi connectivity index (χ0) is 25.7. The number of methoxy groups -OCH3 is 1. The molecule has 34 heavy (non-hydrogen) atoms. The molecule has 0 fully saturated rings. The normalized spacial score (nSPS) is 12.6. The van der Waals surface area contributed by atoms with E-state index in [-0.39, 0.29) is 12.2 Å². The van der Waals surface area contributed by atoms with Crippen LogP contribution in [0, 0.1) is 5.82 Å². The highest BCUT2D eigenvalue weighted by Crippen LogP contribution is 2.23. The summed E-state index contributed by atoms with van der Waals surface area (Å²) >= 11 is 0. The van der Waals surface area contributed by atoms with Crippen molar-refractivity contribution < 1.29 is 27.1 Å². The molecule has 0 heterocycles. The van der Waals surface area contributed by atoms with Crippen LogP contribution in [0.3, 0.4) is 0 Å². The number of amides is 2. The zero-order valence-corrected chi connectivity index (χ0v) is 21.1. The fourth-order valence-electron chi connectivity index (χ4n) is 3.27. The molecule has 2 rings (SSSR count). The van der Waals surface area contributed by atoms with E-state index in [2.05, 4.69) is 5.32 Å². The van der Waals surface area contributed by atoms with E-state index in [0.29, 0.717) is 15.6 Å². The fraction of sp³-hybridized carbons (Fsp3) is 0.417. The van der Waals surface area contributed by atoms with Crippen molar-refractivity contribution in [3.05, 3.63) is 59.9 Å². The van der Waals surface area contributed by atoms with Crippen LogP contribution in [0.5, 0.6) is 5.75 Å². The molecule has 0 aromatic heterocycles. The number of ether oxygens (including phenoxy) is 1. The van der Waals surface area contributed by atoms with Gasteiger partial charge in [0.05, 0.1) is 19.1 Å². The number of halogens is 1. The van der Waals surface area contributed by atoms with Crippen LogP contribution in [0.2, 0.25) is 0 Å². The lowest BCUT2D eigenvalue weighted by Gasteiger charge is -2.33. The van der Waals surface area contributed by atoms with Gasteiger partial charge in [-0.05, 0) is 57.5 Å². The van der Waals surface area contributed by atoms with Gasteiger partial charge in [-0.25, -0.2) is 12.8 Å². The van der Waals surface area contributed by atoms with Gasteiger partial charge in [-0.3, -0.25) is 13.9 Å². The Bertz CT molecular complexity index is 1130. The minimum atomic E-state index is -4.00. The molecule has 2 amide bonds. The van der Waals surface area contributed by atoms with Crippen LogP contribution < -0.4 is 14.4 Å². The Morgan fingerprint density at radius 3 is 2.32 bits per heavy atom. The predicted molar refractivity (Wildman–Crippen MR) is 129 cm³/mol. The number of rotatable bonds is 9. The fourth-order valence-corrected chi connectivity index (χ4v) is 4.12. The minimum absolute atomic E-state index is 0.0175. The number of hydrogen-bond acceptors (Lipinski definition) is 5. The van der Waals surface area contributed by atoms with Crippen molar-refractivity contribution in [1.82, 2.24) is 10.2 Å². The summed E-state index contributed by atoms with van der Waals surface area (Å²) in [6.07, 6.45) is 0.898. The predicted octanol–water partition coefficient (Wildman–Crippen LogP) is 2.93. The maximum Gasteiger partial charge on any atom is 0.244 e. The third-order valence-corrected chi connectivity index (χ3v) is 6.08. The largest absolute Gasteiger partial charge is 0.497 e. The first kappa shape index (κ1) is 27.1. The minimum Gasteiger partial charge on any atom is -0.497 e. The van der Waals surface area contributed by atoms with Crippen LogP contribution in [0.4, 0.5) is 10.1 Å². The number of hydrogen-bond donors (Lipinski definition) is 1. The highest BCUT2D eigenvalue weighted by Gasteiger charge is 2.32. The number of anilines is 1. The third-order valence-electron chi connectivity index (χ3n) is 4.95. The quantitative estimate of drug-likeness (QED) is 0.580. The number of benzene rings is 2. The van der Waals surface area contributed by atoms with Crippen molar-refractivity contribution >= 4 is 27.5 Å². The molecule has 0 aliphatic rings. The van der Waals surface area contributed by atoms with E-state index in [1.807, 2.05) is 20.8 Å². The van der Waals surface area contributed by atoms with Crippen LogP contribution in [0.15, 0.2) is 48.5 Å². The summed E-state index contributed by atoms with van der Waals surface area (Å²) in [5.41, 5.74) is -0.103. The van der Waals surface area contributed by atoms with E-state index in [4.69, 9.17) is 4.74 Å². The number of nitrogens with zero attached hydrogens (tertiary/aromatic N) is 2. The van der Waals surface area contributed by atoms with Crippen molar-refractivity contribution in [2.75, 3.05) is 24.2 Å². The number of sulfonamides is 1. The molecule has 1 atom stereocenters. The molecule has 1 unspecified atom stereocenters. The highest BCUT2D eigenvalue weighted by atomic mass is 32.2. The summed E-state index contributed by atoms with van der Waals surface area (Å²) < 4.78 is 45.3. The molecule has 0 aliphatic heterocycles. The molecule has 0 saturated carbocycles. The third kappa shape index (κ3) is 7.44. The van der Waals surface area contributed by atoms with E-state index in [0.717, 1.165) is 12.3 Å². The van der Waals surface area contributed by atoms with Crippen LogP contribution in [-0.2, 0) is 26.2 Å². The second-order valence-electron chi connectivity index (χ2n) is 9.01. The maximum absolute atomic E-state index is 14.4. The maximum atomic E-state index is 14.4. The van der Waals surface area contributed by atoms with Gasteiger partial charge in [0.15, 0.2) is 0 Å². The summed E-state index contributed by atoms with van der Waals surface area (Å²) in [5.74, 6) is -1.27. The van der Waals surface area contributed by atoms with Gasteiger partial charge in [0.2, 0.25) is 21.8 Å². The van der Waals surface area contributed by atoms with Crippen molar-refractivity contribution in [3.8, 4) is 5.75 Å². The molecule has 1 N–H and O–H groups in total. The van der Waals surface area contributed by atoms with Crippen LogP contribution in [-0.4, -0.2) is 56.6 Å². The van der Waals surface area contributed by atoms with Crippen LogP contribution in [0.1, 0.15) is 33.3 Å². The first-order valence-electron chi connectivity index (χ1n) is 10.7. The van der Waals surface area contributed by atoms with E-state index in [1.165, 1.54) is 30.2 Å². The summed E-state index contributed by atoms with van der Waals surface area (Å²) in [6, 6.07) is 11.4. The van der Waals surface area contributed by atoms with Crippen molar-refractivity contribution in [2.24, 2.45) is 0 Å². The lowest BCUT2D eigenvalue weighted by atomic mass is 10.1. The average molecular weight is 494 g/mol. The van der Waals surface area contributed by atoms with Crippen LogP contribution >= 0.6 is 0 Å². The molecule has 0 bridgehead atoms. The first-order chi connectivity index (χ1) is 15.7. The van der Waals surface area contributed by atoms with Crippen molar-refractivity contribution in [1.29, 1.82) is 0 Å². The summed E-state index contributed by atoms with van der Waals surface area (Å²) in [6.45, 7) is 6.35. The molecular weight excluding hydrogens is 461 g/mol. The Hall–Kier alpha value is -3.14. The lowest BCUT2D eigenvalue weighted by Crippen LogP contribution is -2.54. The molecule has 8 nitrogen and oxygen atoms in total. The molecule has 0 saturated heterocycles. The Balaban J connectivity index is 2.43. The van der Waals surface area contributed by atoms with E-state index in [1.54, 1.807) is 31.2 Å². The van der Waals surface area contributed by atoms with Gasteiger partial charge in [-0.15, -0.1) is 0 Å². The molecule has 0 radical (unpaired) electrons. The average Bonchev–Trinajstić information content (AvgIpc) is 2.74. The Morgan fingerprint density at radius 2 is 1.76 bits per heavy atom. The lowest BCUT2D eigenvalue weighted by molar-refractivity contribution is -0.140. The standard InChI is InChI=1S/C24H32FN3O5S/c1-17(23(30)26-24(2,3)4)27(15-18-10-9-11-19(14-18)33-5)22(29)16-28(34(6,31)32)21-13-8-7-12-20(21)25/h7-14,17H,15-16H2,1-6H3,(H,26,30). The van der Waals surface area contributed by atoms with E-state index >= 15 is 0 Å². The summed E-state index contributed by atoms with van der Waals surface area (Å²) in [5, 5.41) is 2.84. The zero-order valence-electron chi connectivity index (χ0n) is 20.3. The number of carbonyl (C=O) groups excluding carboxylic acids is 2. The second-order valence-corrected chi connectivity index (χ2v) is 10.9. The molecule has 10 heteroatoms. The number of nitrogens with one attached hydrogen (secondary N) is 1. The summed E-state index contributed by atoms with van der Waals surface area (Å²) in [7, 11) is -2.49. The van der Waals surface area contributed by atoms with Gasteiger partial charge in [0.1, 0.15) is 24.2 Å². The van der Waals surface area contributed by atoms with Gasteiger partial charge < -0.3 is 15.0 Å². The second kappa shape index (κ2) is 10.9. The van der Waals surface area contributed by atoms with Gasteiger partial charge in [-0.2, -0.15) is 0 Å². The van der Waals surface area contributed by atoms with Gasteiger partial charge in [-0.1, -0.05) is 24.3 Å². The molecule has 2 aromatic carbocycles. The highest BCUT2D eigenvalue weighted by molar-refractivity contribution is 7.92. The number of para-hydroxylation sites is 1. The summed E-state index contributed by atoms with van der Waals surface area (Å²) in [4.78, 5) is 27.6. The Morgan fingerprint density at radius 1 is 1.12 bits per heavy atom. The SMILES string of the molecule is COc1cccc(CN(C(=O)CN(c2ccccc2F)S(C)(=O)=O)C(C)C(=O)NC(C)(C)C)c1. The molecule has 186 valence electrons. The van der Waals surface area contributed by atoms with Gasteiger partial charge in [0, 0.05) is 12.1 Å². The first-order valence-corrected chi connectivity index (χ1v) is 12.5. The van der Waals surface area contributed by atoms with E-state index in [9.17, 15) is 22.4 Å². The smallest absolute Gasteiger partial charge is 0.244 e. The van der Waals surface area contributed by atoms with Gasteiger partial charge in [0.25, 0.3) is 0 Å². The van der Waals surface area contributed by atoms with Crippen LogP contribution in [0.25, 0.3) is 0 Å². The van der Waals surface area contributed by atoms with Gasteiger partial charge >= 0.3 is 0 Å². The monoisotopic (exact) mass is 493 g/mol. The number of carbonyl (C=O) groups is 2.